The Labute approximate surface area is 190 Å². The smallest absolute Gasteiger partial charge is 0.217 e. The molecule has 0 fully saturated rings. The Morgan fingerprint density at radius 3 is 1.03 bits per heavy atom. The first-order chi connectivity index (χ1) is 15.5. The number of aryl methyl sites for hydroxylation is 4. The van der Waals surface area contributed by atoms with Gasteiger partial charge in [0.25, 0.3) is 0 Å². The maximum absolute atomic E-state index is 12.1. The zero-order valence-corrected chi connectivity index (χ0v) is 18.7. The number of fused-ring (bicyclic) bond motifs is 3. The van der Waals surface area contributed by atoms with Gasteiger partial charge in [0.15, 0.2) is 0 Å². The molecule has 4 aliphatic carbocycles. The van der Waals surface area contributed by atoms with Gasteiger partial charge in [-0.1, -0.05) is 72.8 Å². The van der Waals surface area contributed by atoms with Crippen molar-refractivity contribution in [2.75, 3.05) is 0 Å². The third-order valence-electron chi connectivity index (χ3n) is 6.16. The van der Waals surface area contributed by atoms with Gasteiger partial charge in [-0.15, -0.1) is 0 Å². The normalized spacial score (nSPS) is 18.1. The standard InChI is InChI=1S/C28H30N2O2/c1-19(31)29-27-25-15-11-23(12-16-25)9-7-21-3-5-22(6-4-21)8-10-24-13-17-26(18-14-24)28(27)30-20(2)32/h3-6,11-18,27-28H,7-10H2,1-2H3,(H,29,31)(H,30,32)/t27-,28-/m0/s1. The van der Waals surface area contributed by atoms with Gasteiger partial charge in [-0.3, -0.25) is 9.59 Å². The lowest BCUT2D eigenvalue weighted by Crippen LogP contribution is -2.39. The lowest BCUT2D eigenvalue weighted by molar-refractivity contribution is -0.122. The summed E-state index contributed by atoms with van der Waals surface area (Å²) in [7, 11) is 0. The van der Waals surface area contributed by atoms with Crippen LogP contribution in [0.3, 0.4) is 0 Å². The molecule has 6 bridgehead atoms. The van der Waals surface area contributed by atoms with Crippen LogP contribution in [0.25, 0.3) is 0 Å². The minimum atomic E-state index is -0.359. The van der Waals surface area contributed by atoms with Crippen molar-refractivity contribution in [1.82, 2.24) is 10.6 Å². The van der Waals surface area contributed by atoms with Gasteiger partial charge in [-0.2, -0.15) is 0 Å². The van der Waals surface area contributed by atoms with Crippen LogP contribution in [0.2, 0.25) is 0 Å². The van der Waals surface area contributed by atoms with Crippen molar-refractivity contribution >= 4 is 11.8 Å². The van der Waals surface area contributed by atoms with Crippen LogP contribution in [0.15, 0.2) is 72.8 Å². The minimum Gasteiger partial charge on any atom is -0.347 e. The molecule has 3 aromatic rings. The van der Waals surface area contributed by atoms with Gasteiger partial charge in [0.05, 0.1) is 12.1 Å². The molecule has 0 spiro atoms. The SMILES string of the molecule is CC(=O)N[C@H]1c2ccc(cc2)CCc2ccc(cc2)CCc2ccc(cc2)[C@@H]1NC(C)=O. The number of benzene rings is 3. The highest BCUT2D eigenvalue weighted by atomic mass is 16.2. The summed E-state index contributed by atoms with van der Waals surface area (Å²) in [6.45, 7) is 3.03. The average molecular weight is 427 g/mol. The number of hydrogen-bond donors (Lipinski definition) is 2. The van der Waals surface area contributed by atoms with E-state index in [0.717, 1.165) is 36.8 Å². The van der Waals surface area contributed by atoms with E-state index in [1.165, 1.54) is 36.1 Å². The fourth-order valence-electron chi connectivity index (χ4n) is 4.39. The van der Waals surface area contributed by atoms with E-state index in [2.05, 4.69) is 83.4 Å². The Hall–Kier alpha value is -3.40. The zero-order valence-electron chi connectivity index (χ0n) is 18.7. The summed E-state index contributed by atoms with van der Waals surface area (Å²) in [5, 5.41) is 6.13. The lowest BCUT2D eigenvalue weighted by Gasteiger charge is -2.29. The van der Waals surface area contributed by atoms with Gasteiger partial charge in [0.1, 0.15) is 0 Å². The molecule has 4 nitrogen and oxygen atoms in total. The highest BCUT2D eigenvalue weighted by Crippen LogP contribution is 2.30. The van der Waals surface area contributed by atoms with Crippen LogP contribution in [-0.4, -0.2) is 11.8 Å². The molecule has 0 aromatic heterocycles. The van der Waals surface area contributed by atoms with Crippen LogP contribution in [0.4, 0.5) is 0 Å². The highest BCUT2D eigenvalue weighted by molar-refractivity contribution is 5.75. The molecule has 2 N–H and O–H groups in total. The predicted octanol–water partition coefficient (Wildman–Crippen LogP) is 4.63. The molecule has 0 unspecified atom stereocenters. The Morgan fingerprint density at radius 2 is 0.781 bits per heavy atom. The fraction of sp³-hybridized carbons (Fsp3) is 0.286. The first-order valence-corrected chi connectivity index (χ1v) is 11.3. The molecule has 0 saturated carbocycles. The molecule has 7 rings (SSSR count). The van der Waals surface area contributed by atoms with Crippen LogP contribution >= 0.6 is 0 Å². The average Bonchev–Trinajstić information content (AvgIpc) is 2.79. The number of rotatable bonds is 2. The molecule has 2 atom stereocenters. The monoisotopic (exact) mass is 426 g/mol. The molecule has 3 aromatic carbocycles. The second-order valence-electron chi connectivity index (χ2n) is 8.66. The predicted molar refractivity (Wildman–Crippen MR) is 127 cm³/mol. The quantitative estimate of drug-likeness (QED) is 0.628. The second kappa shape index (κ2) is 9.82. The number of hydrogen-bond acceptors (Lipinski definition) is 2. The number of carbonyl (C=O) groups excluding carboxylic acids is 2. The van der Waals surface area contributed by atoms with E-state index in [4.69, 9.17) is 0 Å². The summed E-state index contributed by atoms with van der Waals surface area (Å²) in [6, 6.07) is 25.0. The van der Waals surface area contributed by atoms with Gasteiger partial charge in [-0.25, -0.2) is 0 Å². The molecular formula is C28H30N2O2. The van der Waals surface area contributed by atoms with Gasteiger partial charge < -0.3 is 10.6 Å². The van der Waals surface area contributed by atoms with Crippen LogP contribution in [0.1, 0.15) is 59.3 Å². The summed E-state index contributed by atoms with van der Waals surface area (Å²) in [5.74, 6) is -0.257. The van der Waals surface area contributed by atoms with Crippen molar-refractivity contribution in [3.8, 4) is 0 Å². The van der Waals surface area contributed by atoms with Gasteiger partial charge in [0.2, 0.25) is 11.8 Å². The Balaban J connectivity index is 1.76. The van der Waals surface area contributed by atoms with E-state index in [-0.39, 0.29) is 23.9 Å². The van der Waals surface area contributed by atoms with Crippen LogP contribution in [0.5, 0.6) is 0 Å². The van der Waals surface area contributed by atoms with E-state index < -0.39 is 0 Å². The van der Waals surface area contributed by atoms with Gasteiger partial charge in [-0.05, 0) is 59.1 Å². The molecule has 32 heavy (non-hydrogen) atoms. The maximum Gasteiger partial charge on any atom is 0.217 e. The minimum absolute atomic E-state index is 0.129. The van der Waals surface area contributed by atoms with Crippen molar-refractivity contribution < 1.29 is 9.59 Å². The summed E-state index contributed by atoms with van der Waals surface area (Å²) < 4.78 is 0. The third kappa shape index (κ3) is 5.44. The Kier molecular flexibility index (Phi) is 6.69. The number of carbonyl (C=O) groups is 2. The molecule has 164 valence electrons. The molecule has 0 saturated heterocycles. The largest absolute Gasteiger partial charge is 0.347 e. The first-order valence-electron chi connectivity index (χ1n) is 11.3. The summed E-state index contributed by atoms with van der Waals surface area (Å²) >= 11 is 0. The Morgan fingerprint density at radius 1 is 0.531 bits per heavy atom. The summed E-state index contributed by atoms with van der Waals surface area (Å²) in [6.07, 6.45) is 3.90. The third-order valence-corrected chi connectivity index (χ3v) is 6.16. The molecule has 0 aliphatic heterocycles. The van der Waals surface area contributed by atoms with Crippen molar-refractivity contribution in [3.05, 3.63) is 106 Å². The first kappa shape index (κ1) is 21.8. The lowest BCUT2D eigenvalue weighted by atomic mass is 9.90. The Bertz CT molecular complexity index is 981. The topological polar surface area (TPSA) is 58.2 Å². The molecule has 2 amide bonds. The van der Waals surface area contributed by atoms with E-state index in [1.54, 1.807) is 0 Å². The maximum atomic E-state index is 12.1. The number of amides is 2. The van der Waals surface area contributed by atoms with Crippen LogP contribution in [-0.2, 0) is 35.3 Å². The molecule has 4 aliphatic rings. The van der Waals surface area contributed by atoms with E-state index in [1.807, 2.05) is 0 Å². The fourth-order valence-corrected chi connectivity index (χ4v) is 4.39. The summed E-state index contributed by atoms with van der Waals surface area (Å²) in [5.41, 5.74) is 7.12. The van der Waals surface area contributed by atoms with Gasteiger partial charge >= 0.3 is 0 Å². The van der Waals surface area contributed by atoms with E-state index >= 15 is 0 Å². The van der Waals surface area contributed by atoms with Gasteiger partial charge in [0, 0.05) is 13.8 Å². The highest BCUT2D eigenvalue weighted by Gasteiger charge is 2.26. The second-order valence-corrected chi connectivity index (χ2v) is 8.66. The van der Waals surface area contributed by atoms with E-state index in [9.17, 15) is 9.59 Å². The number of nitrogens with one attached hydrogen (secondary N) is 2. The zero-order chi connectivity index (χ0) is 22.5. The van der Waals surface area contributed by atoms with Crippen LogP contribution in [0, 0.1) is 0 Å². The molecule has 4 heteroatoms. The molecule has 0 heterocycles. The molecule has 0 radical (unpaired) electrons. The van der Waals surface area contributed by atoms with Crippen molar-refractivity contribution in [2.45, 2.75) is 51.6 Å². The van der Waals surface area contributed by atoms with Crippen LogP contribution < -0.4 is 10.6 Å². The molecular weight excluding hydrogens is 396 g/mol. The summed E-state index contributed by atoms with van der Waals surface area (Å²) in [4.78, 5) is 24.1. The van der Waals surface area contributed by atoms with E-state index in [0.29, 0.717) is 0 Å². The van der Waals surface area contributed by atoms with Crippen molar-refractivity contribution in [3.63, 3.8) is 0 Å². The van der Waals surface area contributed by atoms with Crippen molar-refractivity contribution in [1.29, 1.82) is 0 Å². The van der Waals surface area contributed by atoms with Crippen molar-refractivity contribution in [2.24, 2.45) is 0 Å².